The molecule has 2 aromatic carbocycles. The summed E-state index contributed by atoms with van der Waals surface area (Å²) in [6.45, 7) is 0.724. The van der Waals surface area contributed by atoms with Crippen LogP contribution in [0.15, 0.2) is 60.7 Å². The Labute approximate surface area is 127 Å². The van der Waals surface area contributed by atoms with Crippen molar-refractivity contribution in [1.82, 2.24) is 4.31 Å². The lowest BCUT2D eigenvalue weighted by Crippen LogP contribution is -2.23. The lowest BCUT2D eigenvalue weighted by atomic mass is 10.2. The molecule has 5 heteroatoms. The van der Waals surface area contributed by atoms with E-state index in [0.717, 1.165) is 22.1 Å². The summed E-state index contributed by atoms with van der Waals surface area (Å²) in [4.78, 5) is 12.0. The summed E-state index contributed by atoms with van der Waals surface area (Å²) in [5, 5.41) is 0. The van der Waals surface area contributed by atoms with E-state index in [2.05, 4.69) is 11.7 Å². The zero-order valence-electron chi connectivity index (χ0n) is 10.8. The zero-order chi connectivity index (χ0) is 14.2. The van der Waals surface area contributed by atoms with Crippen LogP contribution in [0.25, 0.3) is 0 Å². The number of benzene rings is 2. The Kier molecular flexibility index (Phi) is 5.83. The van der Waals surface area contributed by atoms with E-state index in [4.69, 9.17) is 4.74 Å². The first-order chi connectivity index (χ1) is 9.79. The number of nitrogens with zero attached hydrogens (tertiary/aromatic N) is 1. The molecule has 2 rings (SSSR count). The van der Waals surface area contributed by atoms with E-state index in [1.165, 1.54) is 4.31 Å². The number of hydrogen-bond acceptors (Lipinski definition) is 4. The molecule has 0 unspecified atom stereocenters. The lowest BCUT2D eigenvalue weighted by Gasteiger charge is -2.18. The number of thiol groups is 1. The van der Waals surface area contributed by atoms with Gasteiger partial charge in [-0.15, -0.1) is 0 Å². The van der Waals surface area contributed by atoms with Crippen molar-refractivity contribution in [3.63, 3.8) is 0 Å². The molecular weight excluding hydrogens is 290 g/mol. The quantitative estimate of drug-likeness (QED) is 0.507. The van der Waals surface area contributed by atoms with Gasteiger partial charge in [-0.1, -0.05) is 72.3 Å². The van der Waals surface area contributed by atoms with E-state index in [1.54, 1.807) is 0 Å². The Morgan fingerprint density at radius 3 is 2.10 bits per heavy atom. The van der Waals surface area contributed by atoms with Gasteiger partial charge in [-0.05, 0) is 11.1 Å². The standard InChI is InChI=1S/C15H15NO2S2/c17-15(18-12-14-9-5-2-6-10-14)16(20-19)11-13-7-3-1-4-8-13/h1-10,19H,11-12H2. The maximum atomic E-state index is 12.0. The van der Waals surface area contributed by atoms with Crippen LogP contribution in [-0.2, 0) is 17.9 Å². The second-order valence-electron chi connectivity index (χ2n) is 4.14. The van der Waals surface area contributed by atoms with Crippen LogP contribution in [0.2, 0.25) is 0 Å². The summed E-state index contributed by atoms with van der Waals surface area (Å²) in [5.74, 6) is 0. The molecule has 0 saturated heterocycles. The first-order valence-corrected chi connectivity index (χ1v) is 7.96. The van der Waals surface area contributed by atoms with Gasteiger partial charge in [0.2, 0.25) is 0 Å². The van der Waals surface area contributed by atoms with Crippen molar-refractivity contribution in [3.8, 4) is 0 Å². The van der Waals surface area contributed by atoms with Crippen LogP contribution in [0.1, 0.15) is 11.1 Å². The molecule has 0 heterocycles. The van der Waals surface area contributed by atoms with Crippen molar-refractivity contribution in [2.24, 2.45) is 0 Å². The highest BCUT2D eigenvalue weighted by atomic mass is 33.1. The third kappa shape index (κ3) is 4.51. The molecule has 0 aliphatic heterocycles. The van der Waals surface area contributed by atoms with Crippen molar-refractivity contribution in [2.75, 3.05) is 0 Å². The average Bonchev–Trinajstić information content (AvgIpc) is 2.52. The van der Waals surface area contributed by atoms with Crippen LogP contribution >= 0.6 is 22.6 Å². The second kappa shape index (κ2) is 7.87. The van der Waals surface area contributed by atoms with Crippen molar-refractivity contribution < 1.29 is 9.53 Å². The van der Waals surface area contributed by atoms with Gasteiger partial charge in [-0.2, -0.15) is 0 Å². The summed E-state index contributed by atoms with van der Waals surface area (Å²) >= 11 is 4.11. The number of rotatable bonds is 5. The molecule has 0 atom stereocenters. The van der Waals surface area contributed by atoms with Gasteiger partial charge in [0, 0.05) is 11.0 Å². The number of carbonyl (C=O) groups excluding carboxylic acids is 1. The highest BCUT2D eigenvalue weighted by molar-refractivity contribution is 8.67. The van der Waals surface area contributed by atoms with Gasteiger partial charge in [0.05, 0.1) is 6.54 Å². The highest BCUT2D eigenvalue weighted by Crippen LogP contribution is 2.20. The van der Waals surface area contributed by atoms with E-state index in [-0.39, 0.29) is 6.61 Å². The molecule has 2 aromatic rings. The van der Waals surface area contributed by atoms with E-state index < -0.39 is 6.09 Å². The van der Waals surface area contributed by atoms with E-state index in [9.17, 15) is 4.79 Å². The smallest absolute Gasteiger partial charge is 0.421 e. The second-order valence-corrected chi connectivity index (χ2v) is 5.24. The van der Waals surface area contributed by atoms with Crippen LogP contribution < -0.4 is 0 Å². The largest absolute Gasteiger partial charge is 0.444 e. The SMILES string of the molecule is O=C(OCc1ccccc1)N(Cc1ccccc1)SS. The fraction of sp³-hybridized carbons (Fsp3) is 0.133. The fourth-order valence-electron chi connectivity index (χ4n) is 1.67. The van der Waals surface area contributed by atoms with Gasteiger partial charge < -0.3 is 4.74 Å². The van der Waals surface area contributed by atoms with Crippen molar-refractivity contribution >= 4 is 28.7 Å². The minimum absolute atomic E-state index is 0.263. The molecule has 0 aromatic heterocycles. The topological polar surface area (TPSA) is 29.5 Å². The van der Waals surface area contributed by atoms with Gasteiger partial charge in [0.15, 0.2) is 0 Å². The van der Waals surface area contributed by atoms with Crippen molar-refractivity contribution in [2.45, 2.75) is 13.2 Å². The number of amides is 1. The number of hydrogen-bond donors (Lipinski definition) is 1. The molecule has 0 saturated carbocycles. The molecule has 0 N–H and O–H groups in total. The average molecular weight is 305 g/mol. The van der Waals surface area contributed by atoms with Crippen LogP contribution in [0.3, 0.4) is 0 Å². The Hall–Kier alpha value is -1.59. The van der Waals surface area contributed by atoms with E-state index in [1.807, 2.05) is 60.7 Å². The van der Waals surface area contributed by atoms with E-state index >= 15 is 0 Å². The Balaban J connectivity index is 1.89. The maximum Gasteiger partial charge on any atom is 0.421 e. The molecule has 3 nitrogen and oxygen atoms in total. The highest BCUT2D eigenvalue weighted by Gasteiger charge is 2.15. The van der Waals surface area contributed by atoms with Crippen LogP contribution in [-0.4, -0.2) is 10.4 Å². The van der Waals surface area contributed by atoms with Gasteiger partial charge in [-0.25, -0.2) is 9.10 Å². The van der Waals surface area contributed by atoms with Crippen LogP contribution in [0.5, 0.6) is 0 Å². The normalized spacial score (nSPS) is 10.1. The zero-order valence-corrected chi connectivity index (χ0v) is 12.5. The molecule has 0 radical (unpaired) electrons. The number of ether oxygens (including phenoxy) is 1. The summed E-state index contributed by atoms with van der Waals surface area (Å²) in [6, 6.07) is 19.3. The fourth-order valence-corrected chi connectivity index (χ4v) is 2.37. The molecule has 104 valence electrons. The summed E-state index contributed by atoms with van der Waals surface area (Å²) < 4.78 is 6.74. The predicted octanol–water partition coefficient (Wildman–Crippen LogP) is 4.32. The van der Waals surface area contributed by atoms with Gasteiger partial charge in [-0.3, -0.25) is 0 Å². The predicted molar refractivity (Wildman–Crippen MR) is 85.2 cm³/mol. The molecule has 0 aliphatic carbocycles. The summed E-state index contributed by atoms with van der Waals surface area (Å²) in [6.07, 6.45) is -0.391. The summed E-state index contributed by atoms with van der Waals surface area (Å²) in [5.41, 5.74) is 2.00. The maximum absolute atomic E-state index is 12.0. The van der Waals surface area contributed by atoms with Gasteiger partial charge in [0.25, 0.3) is 0 Å². The molecule has 0 bridgehead atoms. The third-order valence-electron chi connectivity index (χ3n) is 2.68. The number of carbonyl (C=O) groups is 1. The molecular formula is C15H15NO2S2. The Morgan fingerprint density at radius 1 is 1.00 bits per heavy atom. The third-order valence-corrected chi connectivity index (χ3v) is 3.74. The van der Waals surface area contributed by atoms with Crippen molar-refractivity contribution in [3.05, 3.63) is 71.8 Å². The van der Waals surface area contributed by atoms with Gasteiger partial charge in [0.1, 0.15) is 6.61 Å². The molecule has 1 amide bonds. The van der Waals surface area contributed by atoms with Gasteiger partial charge >= 0.3 is 6.09 Å². The molecule has 0 aliphatic rings. The summed E-state index contributed by atoms with van der Waals surface area (Å²) in [7, 11) is 1.06. The minimum atomic E-state index is -0.391. The van der Waals surface area contributed by atoms with E-state index in [0.29, 0.717) is 6.54 Å². The first kappa shape index (κ1) is 14.8. The van der Waals surface area contributed by atoms with Crippen molar-refractivity contribution in [1.29, 1.82) is 0 Å². The monoisotopic (exact) mass is 305 g/mol. The first-order valence-electron chi connectivity index (χ1n) is 6.13. The minimum Gasteiger partial charge on any atom is -0.444 e. The molecule has 0 spiro atoms. The lowest BCUT2D eigenvalue weighted by molar-refractivity contribution is 0.120. The Bertz CT molecular complexity index is 534. The van der Waals surface area contributed by atoms with Crippen LogP contribution in [0, 0.1) is 0 Å². The van der Waals surface area contributed by atoms with Crippen LogP contribution in [0.4, 0.5) is 4.79 Å². The Morgan fingerprint density at radius 2 is 1.55 bits per heavy atom. The molecule has 0 fully saturated rings. The molecule has 20 heavy (non-hydrogen) atoms.